The SMILES string of the molecule is Nc1cccc(SCc2ncc(-c3ccccc3)o2)c1. The molecule has 4 heteroatoms. The molecule has 3 aromatic rings. The lowest BCUT2D eigenvalue weighted by Crippen LogP contribution is -1.84. The Morgan fingerprint density at radius 1 is 1.05 bits per heavy atom. The summed E-state index contributed by atoms with van der Waals surface area (Å²) in [5, 5.41) is 0. The monoisotopic (exact) mass is 282 g/mol. The Morgan fingerprint density at radius 2 is 1.90 bits per heavy atom. The minimum absolute atomic E-state index is 0.691. The second-order valence-electron chi connectivity index (χ2n) is 4.35. The van der Waals surface area contributed by atoms with Crippen LogP contribution < -0.4 is 5.73 Å². The minimum atomic E-state index is 0.691. The molecule has 3 nitrogen and oxygen atoms in total. The van der Waals surface area contributed by atoms with Crippen molar-refractivity contribution in [2.24, 2.45) is 0 Å². The van der Waals surface area contributed by atoms with Crippen LogP contribution in [0.25, 0.3) is 11.3 Å². The van der Waals surface area contributed by atoms with Gasteiger partial charge in [-0.05, 0) is 18.2 Å². The molecule has 2 aromatic carbocycles. The van der Waals surface area contributed by atoms with Crippen molar-refractivity contribution in [2.75, 3.05) is 5.73 Å². The summed E-state index contributed by atoms with van der Waals surface area (Å²) in [6.45, 7) is 0. The first-order valence-electron chi connectivity index (χ1n) is 6.30. The second kappa shape index (κ2) is 5.84. The van der Waals surface area contributed by atoms with Crippen molar-refractivity contribution in [2.45, 2.75) is 10.6 Å². The number of rotatable bonds is 4. The number of nitrogens with two attached hydrogens (primary N) is 1. The van der Waals surface area contributed by atoms with E-state index in [0.717, 1.165) is 27.8 Å². The van der Waals surface area contributed by atoms with E-state index in [4.69, 9.17) is 10.2 Å². The van der Waals surface area contributed by atoms with Gasteiger partial charge in [0.2, 0.25) is 5.89 Å². The fourth-order valence-corrected chi connectivity index (χ4v) is 2.68. The number of nitrogens with zero attached hydrogens (tertiary/aromatic N) is 1. The maximum absolute atomic E-state index is 5.76. The van der Waals surface area contributed by atoms with Crippen LogP contribution in [0.2, 0.25) is 0 Å². The lowest BCUT2D eigenvalue weighted by atomic mass is 10.2. The van der Waals surface area contributed by atoms with Crippen molar-refractivity contribution in [1.82, 2.24) is 4.98 Å². The van der Waals surface area contributed by atoms with Gasteiger partial charge in [-0.2, -0.15) is 0 Å². The van der Waals surface area contributed by atoms with Gasteiger partial charge < -0.3 is 10.2 Å². The van der Waals surface area contributed by atoms with E-state index in [2.05, 4.69) is 4.98 Å². The van der Waals surface area contributed by atoms with Crippen LogP contribution in [-0.2, 0) is 5.75 Å². The van der Waals surface area contributed by atoms with Gasteiger partial charge in [-0.1, -0.05) is 36.4 Å². The Balaban J connectivity index is 1.69. The Morgan fingerprint density at radius 3 is 2.70 bits per heavy atom. The van der Waals surface area contributed by atoms with Gasteiger partial charge in [-0.25, -0.2) is 4.98 Å². The van der Waals surface area contributed by atoms with Crippen molar-refractivity contribution in [3.8, 4) is 11.3 Å². The topological polar surface area (TPSA) is 52.0 Å². The zero-order chi connectivity index (χ0) is 13.8. The fourth-order valence-electron chi connectivity index (χ4n) is 1.86. The van der Waals surface area contributed by atoms with Gasteiger partial charge in [0.05, 0.1) is 11.9 Å². The van der Waals surface area contributed by atoms with E-state index in [1.54, 1.807) is 18.0 Å². The van der Waals surface area contributed by atoms with Gasteiger partial charge in [0.25, 0.3) is 0 Å². The van der Waals surface area contributed by atoms with Crippen LogP contribution in [0.15, 0.2) is 70.1 Å². The average Bonchev–Trinajstić information content (AvgIpc) is 2.95. The van der Waals surface area contributed by atoms with Crippen molar-refractivity contribution in [3.63, 3.8) is 0 Å². The van der Waals surface area contributed by atoms with Crippen LogP contribution in [0.5, 0.6) is 0 Å². The highest BCUT2D eigenvalue weighted by Crippen LogP contribution is 2.26. The molecule has 0 radical (unpaired) electrons. The first-order chi connectivity index (χ1) is 9.81. The van der Waals surface area contributed by atoms with E-state index in [-0.39, 0.29) is 0 Å². The van der Waals surface area contributed by atoms with Crippen LogP contribution >= 0.6 is 11.8 Å². The fraction of sp³-hybridized carbons (Fsp3) is 0.0625. The predicted octanol–water partition coefficient (Wildman–Crippen LogP) is 4.22. The van der Waals surface area contributed by atoms with Crippen molar-refractivity contribution in [3.05, 3.63) is 66.7 Å². The van der Waals surface area contributed by atoms with E-state index in [9.17, 15) is 0 Å². The van der Waals surface area contributed by atoms with E-state index in [1.165, 1.54) is 0 Å². The Labute approximate surface area is 121 Å². The molecule has 0 bridgehead atoms. The quantitative estimate of drug-likeness (QED) is 0.575. The second-order valence-corrected chi connectivity index (χ2v) is 5.39. The predicted molar refractivity (Wildman–Crippen MR) is 82.4 cm³/mol. The third-order valence-corrected chi connectivity index (χ3v) is 3.81. The molecule has 2 N–H and O–H groups in total. The maximum atomic E-state index is 5.76. The summed E-state index contributed by atoms with van der Waals surface area (Å²) < 4.78 is 5.76. The molecule has 0 atom stereocenters. The van der Waals surface area contributed by atoms with Crippen LogP contribution in [0.1, 0.15) is 5.89 Å². The largest absolute Gasteiger partial charge is 0.440 e. The first-order valence-corrected chi connectivity index (χ1v) is 7.28. The van der Waals surface area contributed by atoms with Crippen LogP contribution in [0.3, 0.4) is 0 Å². The molecule has 0 unspecified atom stereocenters. The molecule has 0 aliphatic heterocycles. The molecule has 0 fully saturated rings. The zero-order valence-corrected chi connectivity index (χ0v) is 11.6. The molecule has 0 aliphatic rings. The van der Waals surface area contributed by atoms with Gasteiger partial charge in [0.15, 0.2) is 5.76 Å². The number of thioether (sulfide) groups is 1. The van der Waals surface area contributed by atoms with Crippen molar-refractivity contribution < 1.29 is 4.42 Å². The molecule has 3 rings (SSSR count). The molecule has 100 valence electrons. The highest BCUT2D eigenvalue weighted by atomic mass is 32.2. The van der Waals surface area contributed by atoms with Crippen LogP contribution in [0, 0.1) is 0 Å². The third-order valence-electron chi connectivity index (χ3n) is 2.83. The Hall–Kier alpha value is -2.20. The molecule has 0 saturated carbocycles. The number of benzene rings is 2. The minimum Gasteiger partial charge on any atom is -0.440 e. The molecule has 0 spiro atoms. The van der Waals surface area contributed by atoms with E-state index in [0.29, 0.717) is 5.75 Å². The van der Waals surface area contributed by atoms with Crippen molar-refractivity contribution in [1.29, 1.82) is 0 Å². The Kier molecular flexibility index (Phi) is 3.74. The first kappa shape index (κ1) is 12.8. The summed E-state index contributed by atoms with van der Waals surface area (Å²) in [7, 11) is 0. The molecule has 1 aromatic heterocycles. The van der Waals surface area contributed by atoms with Gasteiger partial charge in [-0.3, -0.25) is 0 Å². The highest BCUT2D eigenvalue weighted by Gasteiger charge is 2.06. The molecular weight excluding hydrogens is 268 g/mol. The van der Waals surface area contributed by atoms with Gasteiger partial charge in [0, 0.05) is 16.1 Å². The number of hydrogen-bond acceptors (Lipinski definition) is 4. The molecule has 0 saturated heterocycles. The molecule has 0 amide bonds. The molecular formula is C16H14N2OS. The number of oxazole rings is 1. The number of hydrogen-bond donors (Lipinski definition) is 1. The molecule has 1 heterocycles. The van der Waals surface area contributed by atoms with Gasteiger partial charge in [0.1, 0.15) is 0 Å². The summed E-state index contributed by atoms with van der Waals surface area (Å²) >= 11 is 1.66. The van der Waals surface area contributed by atoms with Crippen LogP contribution in [-0.4, -0.2) is 4.98 Å². The summed E-state index contributed by atoms with van der Waals surface area (Å²) in [5.41, 5.74) is 7.57. The summed E-state index contributed by atoms with van der Waals surface area (Å²) in [6.07, 6.45) is 1.77. The van der Waals surface area contributed by atoms with E-state index >= 15 is 0 Å². The lowest BCUT2D eigenvalue weighted by Gasteiger charge is -2.00. The Bertz CT molecular complexity index is 694. The summed E-state index contributed by atoms with van der Waals surface area (Å²) in [5.74, 6) is 2.21. The van der Waals surface area contributed by atoms with Crippen molar-refractivity contribution >= 4 is 17.4 Å². The maximum Gasteiger partial charge on any atom is 0.205 e. The van der Waals surface area contributed by atoms with Gasteiger partial charge in [-0.15, -0.1) is 11.8 Å². The van der Waals surface area contributed by atoms with E-state index in [1.807, 2.05) is 54.6 Å². The standard InChI is InChI=1S/C16H14N2OS/c17-13-7-4-8-14(9-13)20-11-16-18-10-15(19-16)12-5-2-1-3-6-12/h1-10H,11,17H2. The summed E-state index contributed by atoms with van der Waals surface area (Å²) in [6, 6.07) is 17.8. The number of aromatic nitrogens is 1. The van der Waals surface area contributed by atoms with E-state index < -0.39 is 0 Å². The highest BCUT2D eigenvalue weighted by molar-refractivity contribution is 7.98. The normalized spacial score (nSPS) is 10.6. The average molecular weight is 282 g/mol. The molecule has 20 heavy (non-hydrogen) atoms. The van der Waals surface area contributed by atoms with Crippen LogP contribution in [0.4, 0.5) is 5.69 Å². The van der Waals surface area contributed by atoms with Gasteiger partial charge >= 0.3 is 0 Å². The zero-order valence-electron chi connectivity index (χ0n) is 10.8. The molecule has 0 aliphatic carbocycles. The lowest BCUT2D eigenvalue weighted by molar-refractivity contribution is 0.530. The number of nitrogen functional groups attached to an aromatic ring is 1. The summed E-state index contributed by atoms with van der Waals surface area (Å²) in [4.78, 5) is 5.43. The number of anilines is 1. The third kappa shape index (κ3) is 3.03. The smallest absolute Gasteiger partial charge is 0.205 e.